The van der Waals surface area contributed by atoms with Crippen LogP contribution in [0.25, 0.3) is 0 Å². The Balaban J connectivity index is 2.45. The molecule has 17 heavy (non-hydrogen) atoms. The van der Waals surface area contributed by atoms with Crippen LogP contribution in [0.2, 0.25) is 0 Å². The number of hydrogen-bond acceptors (Lipinski definition) is 4. The summed E-state index contributed by atoms with van der Waals surface area (Å²) in [4.78, 5) is 15.5. The average molecular weight is 242 g/mol. The van der Waals surface area contributed by atoms with E-state index in [2.05, 4.69) is 6.58 Å². The fourth-order valence-electron chi connectivity index (χ4n) is 1.97. The van der Waals surface area contributed by atoms with Crippen LogP contribution in [0.5, 0.6) is 0 Å². The monoisotopic (exact) mass is 242 g/mol. The molecule has 0 aliphatic carbocycles. The molecule has 1 rings (SSSR count). The largest absolute Gasteiger partial charge is 0.389 e. The minimum atomic E-state index is -0.737. The van der Waals surface area contributed by atoms with Crippen LogP contribution in [0.4, 0.5) is 0 Å². The summed E-state index contributed by atoms with van der Waals surface area (Å²) in [5, 5.41) is 18.8. The molecule has 1 fully saturated rings. The number of aliphatic hydroxyl groups excluding tert-OH is 2. The van der Waals surface area contributed by atoms with Gasteiger partial charge < -0.3 is 15.1 Å². The summed E-state index contributed by atoms with van der Waals surface area (Å²) >= 11 is 0. The Hall–Kier alpha value is -0.910. The van der Waals surface area contributed by atoms with E-state index in [1.165, 1.54) is 0 Å². The summed E-state index contributed by atoms with van der Waals surface area (Å²) in [6.07, 6.45) is -1.47. The van der Waals surface area contributed by atoms with E-state index in [1.54, 1.807) is 9.80 Å². The van der Waals surface area contributed by atoms with Gasteiger partial charge in [0.1, 0.15) is 0 Å². The molecule has 0 bridgehead atoms. The predicted molar refractivity (Wildman–Crippen MR) is 65.5 cm³/mol. The number of aliphatic hydroxyl groups is 2. The molecule has 0 aromatic carbocycles. The van der Waals surface area contributed by atoms with E-state index in [1.807, 2.05) is 13.8 Å². The van der Waals surface area contributed by atoms with Gasteiger partial charge in [-0.3, -0.25) is 9.69 Å². The lowest BCUT2D eigenvalue weighted by Gasteiger charge is -2.24. The molecule has 1 amide bonds. The lowest BCUT2D eigenvalue weighted by molar-refractivity contribution is -0.131. The fraction of sp³-hybridized carbons (Fsp3) is 0.750. The zero-order chi connectivity index (χ0) is 13.0. The molecule has 1 aliphatic rings. The Labute approximate surface area is 102 Å². The molecule has 0 aromatic heterocycles. The van der Waals surface area contributed by atoms with Gasteiger partial charge in [-0.2, -0.15) is 0 Å². The van der Waals surface area contributed by atoms with Crippen molar-refractivity contribution in [2.75, 3.05) is 32.7 Å². The quantitative estimate of drug-likeness (QED) is 0.635. The third-order valence-corrected chi connectivity index (χ3v) is 2.89. The van der Waals surface area contributed by atoms with Gasteiger partial charge >= 0.3 is 0 Å². The number of likely N-dealkylation sites (N-methyl/N-ethyl adjacent to an activating group) is 1. The Morgan fingerprint density at radius 1 is 1.41 bits per heavy atom. The van der Waals surface area contributed by atoms with Gasteiger partial charge in [-0.1, -0.05) is 12.2 Å². The number of β-amino-alcohol motifs (C(OH)–C–C–N with tert-alkyl or cyclic N) is 2. The molecule has 5 nitrogen and oxygen atoms in total. The molecular formula is C12H22N2O3. The number of hydrogen-bond donors (Lipinski definition) is 2. The van der Waals surface area contributed by atoms with Crippen LogP contribution < -0.4 is 0 Å². The normalized spacial score (nSPS) is 24.9. The molecular weight excluding hydrogens is 220 g/mol. The van der Waals surface area contributed by atoms with Crippen LogP contribution in [0.15, 0.2) is 12.2 Å². The van der Waals surface area contributed by atoms with E-state index in [0.29, 0.717) is 26.2 Å². The summed E-state index contributed by atoms with van der Waals surface area (Å²) in [7, 11) is 0. The average Bonchev–Trinajstić information content (AvgIpc) is 2.54. The molecule has 2 N–H and O–H groups in total. The minimum absolute atomic E-state index is 0.0109. The van der Waals surface area contributed by atoms with Gasteiger partial charge in [-0.15, -0.1) is 0 Å². The molecule has 1 heterocycles. The van der Waals surface area contributed by atoms with Crippen molar-refractivity contribution in [1.82, 2.24) is 9.80 Å². The van der Waals surface area contributed by atoms with E-state index in [9.17, 15) is 15.0 Å². The Morgan fingerprint density at radius 3 is 2.35 bits per heavy atom. The number of amides is 1. The summed E-state index contributed by atoms with van der Waals surface area (Å²) < 4.78 is 0. The van der Waals surface area contributed by atoms with Crippen LogP contribution in [-0.4, -0.2) is 70.9 Å². The summed E-state index contributed by atoms with van der Waals surface area (Å²) in [6.45, 7) is 9.78. The van der Waals surface area contributed by atoms with Crippen molar-refractivity contribution in [3.63, 3.8) is 0 Å². The molecule has 0 aromatic rings. The highest BCUT2D eigenvalue weighted by atomic mass is 16.3. The van der Waals surface area contributed by atoms with E-state index in [-0.39, 0.29) is 12.5 Å². The van der Waals surface area contributed by atoms with E-state index in [4.69, 9.17) is 0 Å². The van der Waals surface area contributed by atoms with Crippen molar-refractivity contribution in [2.24, 2.45) is 0 Å². The van der Waals surface area contributed by atoms with Crippen LogP contribution in [-0.2, 0) is 4.79 Å². The number of nitrogens with zero attached hydrogens (tertiary/aromatic N) is 2. The molecule has 0 unspecified atom stereocenters. The summed E-state index contributed by atoms with van der Waals surface area (Å²) in [5.41, 5.74) is 0.946. The summed E-state index contributed by atoms with van der Waals surface area (Å²) in [6, 6.07) is 0. The highest BCUT2D eigenvalue weighted by Crippen LogP contribution is 2.10. The third-order valence-electron chi connectivity index (χ3n) is 2.89. The predicted octanol–water partition coefficient (Wildman–Crippen LogP) is -0.552. The second-order valence-electron chi connectivity index (χ2n) is 4.69. The van der Waals surface area contributed by atoms with E-state index >= 15 is 0 Å². The first-order valence-corrected chi connectivity index (χ1v) is 5.94. The van der Waals surface area contributed by atoms with Crippen LogP contribution in [0.1, 0.15) is 13.8 Å². The lowest BCUT2D eigenvalue weighted by Crippen LogP contribution is -2.40. The number of likely N-dealkylation sites (tertiary alicyclic amines) is 1. The van der Waals surface area contributed by atoms with Crippen LogP contribution in [0, 0.1) is 0 Å². The molecule has 5 heteroatoms. The Kier molecular flexibility index (Phi) is 5.11. The number of carbonyl (C=O) groups excluding carboxylic acids is 1. The second-order valence-corrected chi connectivity index (χ2v) is 4.69. The standard InChI is InChI=1S/C12H22N2O3/c1-4-14(5-9(2)3)12(17)8-13-6-10(15)11(16)7-13/h10-11,15-16H,2,4-8H2,1,3H3/t10-,11+. The van der Waals surface area contributed by atoms with Crippen molar-refractivity contribution in [3.8, 4) is 0 Å². The van der Waals surface area contributed by atoms with Gasteiger partial charge in [-0.05, 0) is 13.8 Å². The molecule has 1 aliphatic heterocycles. The van der Waals surface area contributed by atoms with Gasteiger partial charge in [0, 0.05) is 26.2 Å². The highest BCUT2D eigenvalue weighted by molar-refractivity contribution is 5.78. The highest BCUT2D eigenvalue weighted by Gasteiger charge is 2.31. The molecule has 2 atom stereocenters. The molecule has 98 valence electrons. The second kappa shape index (κ2) is 6.14. The van der Waals surface area contributed by atoms with Gasteiger partial charge in [0.2, 0.25) is 5.91 Å². The van der Waals surface area contributed by atoms with Crippen molar-refractivity contribution in [1.29, 1.82) is 0 Å². The SMILES string of the molecule is C=C(C)CN(CC)C(=O)CN1C[C@@H](O)[C@@H](O)C1. The number of carbonyl (C=O) groups is 1. The maximum absolute atomic E-state index is 12.0. The Bertz CT molecular complexity index is 283. The fourth-order valence-corrected chi connectivity index (χ4v) is 1.97. The maximum Gasteiger partial charge on any atom is 0.237 e. The van der Waals surface area contributed by atoms with Crippen LogP contribution in [0.3, 0.4) is 0 Å². The zero-order valence-electron chi connectivity index (χ0n) is 10.6. The first-order valence-electron chi connectivity index (χ1n) is 5.94. The minimum Gasteiger partial charge on any atom is -0.389 e. The van der Waals surface area contributed by atoms with Crippen molar-refractivity contribution in [2.45, 2.75) is 26.1 Å². The molecule has 0 spiro atoms. The molecule has 0 radical (unpaired) electrons. The first kappa shape index (κ1) is 14.2. The molecule has 0 saturated carbocycles. The van der Waals surface area contributed by atoms with Gasteiger partial charge in [-0.25, -0.2) is 0 Å². The maximum atomic E-state index is 12.0. The van der Waals surface area contributed by atoms with Crippen molar-refractivity contribution < 1.29 is 15.0 Å². The van der Waals surface area contributed by atoms with Crippen molar-refractivity contribution in [3.05, 3.63) is 12.2 Å². The lowest BCUT2D eigenvalue weighted by atomic mass is 10.3. The number of rotatable bonds is 5. The Morgan fingerprint density at radius 2 is 1.94 bits per heavy atom. The van der Waals surface area contributed by atoms with Crippen molar-refractivity contribution >= 4 is 5.91 Å². The smallest absolute Gasteiger partial charge is 0.237 e. The zero-order valence-corrected chi connectivity index (χ0v) is 10.6. The van der Waals surface area contributed by atoms with Gasteiger partial charge in [0.25, 0.3) is 0 Å². The van der Waals surface area contributed by atoms with E-state index < -0.39 is 12.2 Å². The first-order chi connectivity index (χ1) is 7.93. The van der Waals surface area contributed by atoms with E-state index in [0.717, 1.165) is 5.57 Å². The van der Waals surface area contributed by atoms with Gasteiger partial charge in [0.15, 0.2) is 0 Å². The molecule has 1 saturated heterocycles. The van der Waals surface area contributed by atoms with Crippen LogP contribution >= 0.6 is 0 Å². The van der Waals surface area contributed by atoms with Gasteiger partial charge in [0.05, 0.1) is 18.8 Å². The summed E-state index contributed by atoms with van der Waals surface area (Å²) in [5.74, 6) is 0.0109. The third kappa shape index (κ3) is 4.11. The topological polar surface area (TPSA) is 64.0 Å².